The van der Waals surface area contributed by atoms with Crippen molar-refractivity contribution in [1.29, 1.82) is 0 Å². The molecule has 20 heavy (non-hydrogen) atoms. The molecule has 1 unspecified atom stereocenters. The normalized spacial score (nSPS) is 12.3. The van der Waals surface area contributed by atoms with Crippen LogP contribution in [0.1, 0.15) is 17.2 Å². The standard InChI is InChI=1S/C14H10BrCl3O2/c1-20-14-10(5-8(17)6-11(14)15)13(19)9-4-7(16)2-3-12(9)18/h2-6,13,19H,1H3. The van der Waals surface area contributed by atoms with Crippen molar-refractivity contribution in [3.05, 3.63) is 61.0 Å². The van der Waals surface area contributed by atoms with E-state index >= 15 is 0 Å². The maximum Gasteiger partial charge on any atom is 0.139 e. The molecule has 0 amide bonds. The lowest BCUT2D eigenvalue weighted by molar-refractivity contribution is 0.214. The second kappa shape index (κ2) is 6.54. The fraction of sp³-hybridized carbons (Fsp3) is 0.143. The van der Waals surface area contributed by atoms with Crippen LogP contribution in [0.25, 0.3) is 0 Å². The Morgan fingerprint density at radius 3 is 2.35 bits per heavy atom. The fourth-order valence-corrected chi connectivity index (χ4v) is 3.29. The van der Waals surface area contributed by atoms with Gasteiger partial charge in [0.2, 0.25) is 0 Å². The Morgan fingerprint density at radius 1 is 1.05 bits per heavy atom. The van der Waals surface area contributed by atoms with Gasteiger partial charge in [0.15, 0.2) is 0 Å². The van der Waals surface area contributed by atoms with E-state index in [9.17, 15) is 5.11 Å². The zero-order chi connectivity index (χ0) is 14.9. The number of hydrogen-bond acceptors (Lipinski definition) is 2. The van der Waals surface area contributed by atoms with Gasteiger partial charge < -0.3 is 9.84 Å². The fourth-order valence-electron chi connectivity index (χ4n) is 1.89. The summed E-state index contributed by atoms with van der Waals surface area (Å²) >= 11 is 21.4. The van der Waals surface area contributed by atoms with Gasteiger partial charge in [-0.3, -0.25) is 0 Å². The number of ether oxygens (including phenoxy) is 1. The van der Waals surface area contributed by atoms with Crippen molar-refractivity contribution >= 4 is 50.7 Å². The number of methoxy groups -OCH3 is 1. The van der Waals surface area contributed by atoms with Gasteiger partial charge in [0.05, 0.1) is 11.6 Å². The summed E-state index contributed by atoms with van der Waals surface area (Å²) in [6, 6.07) is 8.23. The number of benzene rings is 2. The molecular formula is C14H10BrCl3O2. The molecule has 0 saturated heterocycles. The highest BCUT2D eigenvalue weighted by molar-refractivity contribution is 9.10. The van der Waals surface area contributed by atoms with Gasteiger partial charge in [0.25, 0.3) is 0 Å². The average Bonchev–Trinajstić information content (AvgIpc) is 2.40. The van der Waals surface area contributed by atoms with Gasteiger partial charge in [-0.05, 0) is 46.3 Å². The van der Waals surface area contributed by atoms with Gasteiger partial charge in [-0.15, -0.1) is 0 Å². The SMILES string of the molecule is COc1c(Br)cc(Cl)cc1C(O)c1cc(Cl)ccc1Cl. The van der Waals surface area contributed by atoms with Gasteiger partial charge in [-0.1, -0.05) is 34.8 Å². The number of rotatable bonds is 3. The zero-order valence-electron chi connectivity index (χ0n) is 10.3. The molecule has 0 aliphatic carbocycles. The average molecular weight is 396 g/mol. The molecule has 1 N–H and O–H groups in total. The van der Waals surface area contributed by atoms with Crippen LogP contribution in [0, 0.1) is 0 Å². The van der Waals surface area contributed by atoms with Gasteiger partial charge >= 0.3 is 0 Å². The van der Waals surface area contributed by atoms with Gasteiger partial charge in [0, 0.05) is 26.2 Å². The molecule has 0 radical (unpaired) electrons. The lowest BCUT2D eigenvalue weighted by Crippen LogP contribution is -2.04. The maximum atomic E-state index is 10.6. The van der Waals surface area contributed by atoms with Crippen LogP contribution in [0.5, 0.6) is 5.75 Å². The molecule has 2 rings (SSSR count). The molecule has 2 aromatic carbocycles. The van der Waals surface area contributed by atoms with Crippen molar-refractivity contribution in [3.63, 3.8) is 0 Å². The molecule has 0 aliphatic heterocycles. The molecular weight excluding hydrogens is 386 g/mol. The van der Waals surface area contributed by atoms with Gasteiger partial charge in [-0.25, -0.2) is 0 Å². The Balaban J connectivity index is 2.58. The van der Waals surface area contributed by atoms with E-state index in [2.05, 4.69) is 15.9 Å². The molecule has 0 fully saturated rings. The summed E-state index contributed by atoms with van der Waals surface area (Å²) < 4.78 is 5.95. The molecule has 0 saturated carbocycles. The van der Waals surface area contributed by atoms with E-state index in [1.54, 1.807) is 30.3 Å². The Morgan fingerprint density at radius 2 is 1.70 bits per heavy atom. The Bertz CT molecular complexity index is 647. The molecule has 2 aromatic rings. The van der Waals surface area contributed by atoms with Crippen LogP contribution in [0.2, 0.25) is 15.1 Å². The summed E-state index contributed by atoms with van der Waals surface area (Å²) in [7, 11) is 1.52. The first-order valence-electron chi connectivity index (χ1n) is 5.60. The molecule has 0 bridgehead atoms. The topological polar surface area (TPSA) is 29.5 Å². The van der Waals surface area contributed by atoms with Crippen molar-refractivity contribution in [1.82, 2.24) is 0 Å². The van der Waals surface area contributed by atoms with Crippen LogP contribution in [0.3, 0.4) is 0 Å². The van der Waals surface area contributed by atoms with Gasteiger partial charge in [0.1, 0.15) is 11.9 Å². The van der Waals surface area contributed by atoms with Crippen molar-refractivity contribution in [3.8, 4) is 5.75 Å². The van der Waals surface area contributed by atoms with E-state index in [1.807, 2.05) is 0 Å². The van der Waals surface area contributed by atoms with E-state index in [4.69, 9.17) is 39.5 Å². The molecule has 2 nitrogen and oxygen atoms in total. The van der Waals surface area contributed by atoms with Crippen LogP contribution >= 0.6 is 50.7 Å². The third-order valence-electron chi connectivity index (χ3n) is 2.79. The first-order chi connectivity index (χ1) is 9.43. The minimum absolute atomic E-state index is 0.417. The highest BCUT2D eigenvalue weighted by atomic mass is 79.9. The first-order valence-corrected chi connectivity index (χ1v) is 7.52. The van der Waals surface area contributed by atoms with Crippen molar-refractivity contribution < 1.29 is 9.84 Å². The summed E-state index contributed by atoms with van der Waals surface area (Å²) in [5, 5.41) is 11.9. The van der Waals surface area contributed by atoms with Crippen LogP contribution in [-0.2, 0) is 0 Å². The quantitative estimate of drug-likeness (QED) is 0.742. The number of halogens is 4. The van der Waals surface area contributed by atoms with E-state index < -0.39 is 6.10 Å². The number of aliphatic hydroxyl groups excluding tert-OH is 1. The first kappa shape index (κ1) is 15.9. The molecule has 0 aromatic heterocycles. The predicted octanol–water partition coefficient (Wildman–Crippen LogP) is 5.50. The predicted molar refractivity (Wildman–Crippen MR) is 86.2 cm³/mol. The van der Waals surface area contributed by atoms with Crippen molar-refractivity contribution in [2.45, 2.75) is 6.10 Å². The summed E-state index contributed by atoms with van der Waals surface area (Å²) in [4.78, 5) is 0. The summed E-state index contributed by atoms with van der Waals surface area (Å²) in [6.45, 7) is 0. The van der Waals surface area contributed by atoms with Gasteiger partial charge in [-0.2, -0.15) is 0 Å². The minimum atomic E-state index is -0.994. The molecule has 106 valence electrons. The van der Waals surface area contributed by atoms with E-state index in [-0.39, 0.29) is 0 Å². The second-order valence-electron chi connectivity index (χ2n) is 4.08. The largest absolute Gasteiger partial charge is 0.495 e. The summed E-state index contributed by atoms with van der Waals surface area (Å²) in [5.41, 5.74) is 1.00. The molecule has 6 heteroatoms. The molecule has 0 spiro atoms. The Labute approximate surface area is 140 Å². The van der Waals surface area contributed by atoms with Crippen molar-refractivity contribution in [2.75, 3.05) is 7.11 Å². The Hall–Kier alpha value is -0.450. The third-order valence-corrected chi connectivity index (χ3v) is 4.18. The number of aliphatic hydroxyl groups is 1. The smallest absolute Gasteiger partial charge is 0.139 e. The van der Waals surface area contributed by atoms with Crippen LogP contribution in [0.15, 0.2) is 34.8 Å². The maximum absolute atomic E-state index is 10.6. The van der Waals surface area contributed by atoms with Crippen LogP contribution < -0.4 is 4.74 Å². The highest BCUT2D eigenvalue weighted by Crippen LogP contribution is 2.40. The summed E-state index contributed by atoms with van der Waals surface area (Å²) in [5.74, 6) is 0.498. The second-order valence-corrected chi connectivity index (χ2v) is 6.21. The molecule has 0 aliphatic rings. The Kier molecular flexibility index (Phi) is 5.21. The molecule has 1 atom stereocenters. The van der Waals surface area contributed by atoms with Crippen LogP contribution in [-0.4, -0.2) is 12.2 Å². The monoisotopic (exact) mass is 394 g/mol. The van der Waals surface area contributed by atoms with E-state index in [0.717, 1.165) is 0 Å². The lowest BCUT2D eigenvalue weighted by atomic mass is 10.0. The van der Waals surface area contributed by atoms with E-state index in [1.165, 1.54) is 7.11 Å². The molecule has 0 heterocycles. The number of hydrogen-bond donors (Lipinski definition) is 1. The zero-order valence-corrected chi connectivity index (χ0v) is 14.2. The van der Waals surface area contributed by atoms with E-state index in [0.29, 0.717) is 36.4 Å². The highest BCUT2D eigenvalue weighted by Gasteiger charge is 2.21. The lowest BCUT2D eigenvalue weighted by Gasteiger charge is -2.18. The summed E-state index contributed by atoms with van der Waals surface area (Å²) in [6.07, 6.45) is -0.994. The van der Waals surface area contributed by atoms with Crippen molar-refractivity contribution in [2.24, 2.45) is 0 Å². The third kappa shape index (κ3) is 3.23. The van der Waals surface area contributed by atoms with Crippen LogP contribution in [0.4, 0.5) is 0 Å². The minimum Gasteiger partial charge on any atom is -0.495 e.